The molecule has 0 aliphatic carbocycles. The Kier molecular flexibility index (Phi) is 7.70. The number of amides is 1. The number of hydrogen-bond acceptors (Lipinski definition) is 7. The van der Waals surface area contributed by atoms with E-state index in [1.807, 2.05) is 0 Å². The summed E-state index contributed by atoms with van der Waals surface area (Å²) in [5.41, 5.74) is -0.920. The summed E-state index contributed by atoms with van der Waals surface area (Å²) in [4.78, 5) is 38.3. The number of rotatable bonds is 10. The minimum absolute atomic E-state index is 0.165. The SMILES string of the molecule is CCOP(=O)(CC(O)CNC(=O)Cn1c(=O)[nH]c(=O)c2ccccc21)OCC. The fourth-order valence-corrected chi connectivity index (χ4v) is 4.41. The number of carbonyl (C=O) groups is 1. The van der Waals surface area contributed by atoms with E-state index in [4.69, 9.17) is 9.05 Å². The highest BCUT2D eigenvalue weighted by Crippen LogP contribution is 2.48. The normalized spacial score (nSPS) is 12.8. The molecule has 0 fully saturated rings. The van der Waals surface area contributed by atoms with Gasteiger partial charge in [0.15, 0.2) is 0 Å². The Morgan fingerprint density at radius 3 is 2.54 bits per heavy atom. The summed E-state index contributed by atoms with van der Waals surface area (Å²) in [7, 11) is -3.44. The van der Waals surface area contributed by atoms with E-state index in [1.54, 1.807) is 38.1 Å². The molecule has 1 amide bonds. The zero-order valence-corrected chi connectivity index (χ0v) is 16.6. The van der Waals surface area contributed by atoms with Gasteiger partial charge in [0.05, 0.1) is 36.4 Å². The number of benzene rings is 1. The Balaban J connectivity index is 2.03. The van der Waals surface area contributed by atoms with Crippen LogP contribution in [0.5, 0.6) is 0 Å². The van der Waals surface area contributed by atoms with Crippen molar-refractivity contribution < 1.29 is 23.5 Å². The molecule has 154 valence electrons. The molecule has 0 aliphatic heterocycles. The predicted molar refractivity (Wildman–Crippen MR) is 104 cm³/mol. The summed E-state index contributed by atoms with van der Waals surface area (Å²) in [5, 5.41) is 12.8. The number of aliphatic hydroxyl groups is 1. The maximum atomic E-state index is 12.4. The lowest BCUT2D eigenvalue weighted by Gasteiger charge is -2.20. The standard InChI is InChI=1S/C17H24N3O7P/c1-3-26-28(25,27-4-2)11-12(21)9-18-15(22)10-20-14-8-6-5-7-13(14)16(23)19-17(20)24/h5-8,12,21H,3-4,9-11H2,1-2H3,(H,18,22)(H,19,23,24). The number of aliphatic hydroxyl groups excluding tert-OH is 1. The number of para-hydroxylation sites is 1. The molecule has 28 heavy (non-hydrogen) atoms. The van der Waals surface area contributed by atoms with Crippen molar-refractivity contribution in [3.05, 3.63) is 45.1 Å². The lowest BCUT2D eigenvalue weighted by Crippen LogP contribution is -2.39. The number of carbonyl (C=O) groups excluding carboxylic acids is 1. The van der Waals surface area contributed by atoms with E-state index in [9.17, 15) is 24.1 Å². The quantitative estimate of drug-likeness (QED) is 0.480. The van der Waals surface area contributed by atoms with Crippen LogP contribution in [0, 0.1) is 0 Å². The molecule has 2 aromatic rings. The minimum Gasteiger partial charge on any atom is -0.391 e. The molecule has 0 radical (unpaired) electrons. The highest BCUT2D eigenvalue weighted by Gasteiger charge is 2.27. The van der Waals surface area contributed by atoms with Gasteiger partial charge in [-0.15, -0.1) is 0 Å². The van der Waals surface area contributed by atoms with Crippen LogP contribution in [0.2, 0.25) is 0 Å². The van der Waals surface area contributed by atoms with Crippen LogP contribution in [0.3, 0.4) is 0 Å². The predicted octanol–water partition coefficient (Wildman–Crippen LogP) is 0.433. The highest BCUT2D eigenvalue weighted by molar-refractivity contribution is 7.53. The summed E-state index contributed by atoms with van der Waals surface area (Å²) in [6.07, 6.45) is -1.42. The number of hydrogen-bond donors (Lipinski definition) is 3. The van der Waals surface area contributed by atoms with Crippen molar-refractivity contribution in [1.82, 2.24) is 14.9 Å². The largest absolute Gasteiger partial charge is 0.391 e. The molecule has 11 heteroatoms. The Morgan fingerprint density at radius 1 is 1.25 bits per heavy atom. The van der Waals surface area contributed by atoms with E-state index in [0.717, 1.165) is 4.57 Å². The summed E-state index contributed by atoms with van der Waals surface area (Å²) >= 11 is 0. The third-order valence-corrected chi connectivity index (χ3v) is 6.00. The molecule has 3 N–H and O–H groups in total. The maximum Gasteiger partial charge on any atom is 0.333 e. The summed E-state index contributed by atoms with van der Waals surface area (Å²) < 4.78 is 23.7. The van der Waals surface area contributed by atoms with E-state index in [-0.39, 0.29) is 37.9 Å². The van der Waals surface area contributed by atoms with Gasteiger partial charge in [-0.1, -0.05) is 12.1 Å². The van der Waals surface area contributed by atoms with Gasteiger partial charge in [-0.25, -0.2) is 4.79 Å². The molecular formula is C17H24N3O7P. The Morgan fingerprint density at radius 2 is 1.89 bits per heavy atom. The van der Waals surface area contributed by atoms with Crippen LogP contribution >= 0.6 is 7.60 Å². The van der Waals surface area contributed by atoms with Crippen molar-refractivity contribution in [2.75, 3.05) is 25.9 Å². The van der Waals surface area contributed by atoms with Crippen molar-refractivity contribution in [2.45, 2.75) is 26.5 Å². The average molecular weight is 413 g/mol. The van der Waals surface area contributed by atoms with E-state index >= 15 is 0 Å². The maximum absolute atomic E-state index is 12.4. The zero-order chi connectivity index (χ0) is 20.7. The van der Waals surface area contributed by atoms with Crippen LogP contribution < -0.4 is 16.6 Å². The number of aromatic nitrogens is 2. The Hall–Kier alpha value is -2.26. The molecular weight excluding hydrogens is 389 g/mol. The van der Waals surface area contributed by atoms with Crippen LogP contribution in [0.15, 0.2) is 33.9 Å². The Bertz CT molecular complexity index is 975. The first-order valence-corrected chi connectivity index (χ1v) is 10.6. The smallest absolute Gasteiger partial charge is 0.333 e. The molecule has 2 rings (SSSR count). The van der Waals surface area contributed by atoms with Gasteiger partial charge in [0.25, 0.3) is 5.56 Å². The van der Waals surface area contributed by atoms with E-state index in [0.29, 0.717) is 5.52 Å². The lowest BCUT2D eigenvalue weighted by molar-refractivity contribution is -0.122. The highest BCUT2D eigenvalue weighted by atomic mass is 31.2. The molecule has 0 spiro atoms. The zero-order valence-electron chi connectivity index (χ0n) is 15.7. The fourth-order valence-electron chi connectivity index (χ4n) is 2.69. The monoisotopic (exact) mass is 413 g/mol. The van der Waals surface area contributed by atoms with Crippen molar-refractivity contribution in [1.29, 1.82) is 0 Å². The first-order valence-electron chi connectivity index (χ1n) is 8.84. The second kappa shape index (κ2) is 9.79. The van der Waals surface area contributed by atoms with Crippen molar-refractivity contribution >= 4 is 24.4 Å². The third kappa shape index (κ3) is 5.62. The molecule has 1 unspecified atom stereocenters. The molecule has 0 saturated carbocycles. The first-order chi connectivity index (χ1) is 13.3. The number of fused-ring (bicyclic) bond motifs is 1. The molecule has 0 saturated heterocycles. The molecule has 1 heterocycles. The number of nitrogens with one attached hydrogen (secondary N) is 2. The van der Waals surface area contributed by atoms with Crippen LogP contribution in [-0.2, 0) is 25.0 Å². The average Bonchev–Trinajstić information content (AvgIpc) is 2.63. The van der Waals surface area contributed by atoms with E-state index in [1.165, 1.54) is 0 Å². The summed E-state index contributed by atoms with van der Waals surface area (Å²) in [6, 6.07) is 6.41. The topological polar surface area (TPSA) is 140 Å². The van der Waals surface area contributed by atoms with Gasteiger partial charge < -0.3 is 19.5 Å². The van der Waals surface area contributed by atoms with Crippen molar-refractivity contribution in [3.63, 3.8) is 0 Å². The van der Waals surface area contributed by atoms with Crippen molar-refractivity contribution in [3.8, 4) is 0 Å². The number of nitrogens with zero attached hydrogens (tertiary/aromatic N) is 1. The van der Waals surface area contributed by atoms with Gasteiger partial charge >= 0.3 is 13.3 Å². The second-order valence-electron chi connectivity index (χ2n) is 5.95. The molecule has 0 aliphatic rings. The van der Waals surface area contributed by atoms with Crippen molar-refractivity contribution in [2.24, 2.45) is 0 Å². The first kappa shape index (κ1) is 22.0. The van der Waals surface area contributed by atoms with Crippen LogP contribution in [-0.4, -0.2) is 52.6 Å². The minimum atomic E-state index is -3.44. The molecule has 1 atom stereocenters. The fraction of sp³-hybridized carbons (Fsp3) is 0.471. The third-order valence-electron chi connectivity index (χ3n) is 3.83. The van der Waals surface area contributed by atoms with Gasteiger partial charge in [-0.05, 0) is 26.0 Å². The van der Waals surface area contributed by atoms with Gasteiger partial charge in [-0.3, -0.25) is 23.7 Å². The molecule has 10 nitrogen and oxygen atoms in total. The van der Waals surface area contributed by atoms with E-state index in [2.05, 4.69) is 10.3 Å². The molecule has 1 aromatic heterocycles. The Labute approximate surface area is 161 Å². The van der Waals surface area contributed by atoms with Gasteiger partial charge in [0.1, 0.15) is 6.54 Å². The summed E-state index contributed by atoms with van der Waals surface area (Å²) in [5.74, 6) is -0.555. The molecule has 0 bridgehead atoms. The lowest BCUT2D eigenvalue weighted by atomic mass is 10.2. The number of aromatic amines is 1. The summed E-state index contributed by atoms with van der Waals surface area (Å²) in [6.45, 7) is 3.10. The van der Waals surface area contributed by atoms with Crippen LogP contribution in [0.4, 0.5) is 0 Å². The number of H-pyrrole nitrogens is 1. The van der Waals surface area contributed by atoms with Gasteiger partial charge in [0.2, 0.25) is 5.91 Å². The van der Waals surface area contributed by atoms with Crippen LogP contribution in [0.25, 0.3) is 10.9 Å². The van der Waals surface area contributed by atoms with Gasteiger partial charge in [0, 0.05) is 6.54 Å². The second-order valence-corrected chi connectivity index (χ2v) is 8.05. The van der Waals surface area contributed by atoms with Crippen LogP contribution in [0.1, 0.15) is 13.8 Å². The van der Waals surface area contributed by atoms with E-state index < -0.39 is 30.9 Å². The van der Waals surface area contributed by atoms with Gasteiger partial charge in [-0.2, -0.15) is 0 Å². The molecule has 1 aromatic carbocycles.